The number of aliphatic hydroxyl groups excluding tert-OH is 1. The topological polar surface area (TPSA) is 62.2 Å². The fourth-order valence-electron chi connectivity index (χ4n) is 1.80. The van der Waals surface area contributed by atoms with E-state index < -0.39 is 0 Å². The number of carbonyl (C=O) groups excluding carboxylic acids is 1. The van der Waals surface area contributed by atoms with Crippen molar-refractivity contribution in [3.63, 3.8) is 0 Å². The molecule has 1 fully saturated rings. The molecule has 0 saturated carbocycles. The number of nitrogens with zero attached hydrogens (tertiary/aromatic N) is 1. The molecule has 0 aromatic carbocycles. The maximum absolute atomic E-state index is 12.2. The van der Waals surface area contributed by atoms with Crippen molar-refractivity contribution in [3.05, 3.63) is 29.6 Å². The minimum absolute atomic E-state index is 0.0219. The Balaban J connectivity index is 2.10. The fraction of sp³-hybridized carbons (Fsp3) is 0.429. The highest BCUT2D eigenvalue weighted by molar-refractivity contribution is 7.99. The third-order valence-corrected chi connectivity index (χ3v) is 3.91. The molecule has 2 heterocycles. The van der Waals surface area contributed by atoms with Crippen molar-refractivity contribution >= 4 is 17.7 Å². The molecule has 4 nitrogen and oxygen atoms in total. The number of hydrogen-bond acceptors (Lipinski definition) is 4. The Hall–Kier alpha value is -1.51. The molecule has 1 aromatic heterocycles. The number of amides is 1. The van der Waals surface area contributed by atoms with Gasteiger partial charge in [-0.2, -0.15) is 11.8 Å². The second-order valence-electron chi connectivity index (χ2n) is 4.21. The molecule has 2 N–H and O–H groups in total. The molecule has 1 unspecified atom stereocenters. The van der Waals surface area contributed by atoms with Crippen molar-refractivity contribution in [2.24, 2.45) is 0 Å². The van der Waals surface area contributed by atoms with E-state index in [2.05, 4.69) is 22.1 Å². The lowest BCUT2D eigenvalue weighted by molar-refractivity contribution is 0.0936. The van der Waals surface area contributed by atoms with Crippen molar-refractivity contribution in [1.29, 1.82) is 0 Å². The van der Waals surface area contributed by atoms with Crippen LogP contribution >= 0.6 is 11.8 Å². The van der Waals surface area contributed by atoms with Gasteiger partial charge in [-0.1, -0.05) is 11.8 Å². The van der Waals surface area contributed by atoms with Gasteiger partial charge >= 0.3 is 0 Å². The molecule has 5 heteroatoms. The molecule has 100 valence electrons. The first-order valence-electron chi connectivity index (χ1n) is 6.24. The van der Waals surface area contributed by atoms with Gasteiger partial charge in [-0.25, -0.2) is 4.98 Å². The monoisotopic (exact) mass is 276 g/mol. The van der Waals surface area contributed by atoms with E-state index in [1.165, 1.54) is 0 Å². The molecule has 1 atom stereocenters. The number of rotatable bonds is 3. The van der Waals surface area contributed by atoms with Crippen LogP contribution in [0.1, 0.15) is 28.9 Å². The number of hydrogen-bond donors (Lipinski definition) is 2. The van der Waals surface area contributed by atoms with E-state index in [1.54, 1.807) is 18.3 Å². The van der Waals surface area contributed by atoms with Gasteiger partial charge in [0.2, 0.25) is 0 Å². The summed E-state index contributed by atoms with van der Waals surface area (Å²) in [6, 6.07) is 3.76. The predicted octanol–water partition coefficient (Wildman–Crippen LogP) is 1.05. The molecule has 0 aliphatic carbocycles. The molecule has 19 heavy (non-hydrogen) atoms. The van der Waals surface area contributed by atoms with E-state index >= 15 is 0 Å². The van der Waals surface area contributed by atoms with Crippen LogP contribution in [0, 0.1) is 11.8 Å². The van der Waals surface area contributed by atoms with Crippen LogP contribution < -0.4 is 5.32 Å². The highest BCUT2D eigenvalue weighted by atomic mass is 32.2. The zero-order valence-electron chi connectivity index (χ0n) is 10.6. The lowest BCUT2D eigenvalue weighted by atomic mass is 10.1. The van der Waals surface area contributed by atoms with Gasteiger partial charge < -0.3 is 10.4 Å². The first-order valence-corrected chi connectivity index (χ1v) is 7.40. The van der Waals surface area contributed by atoms with E-state index in [0.29, 0.717) is 17.7 Å². The standard InChI is InChI=1S/C14H16N2O2S/c17-8-2-1-4-11-5-3-7-15-13(11)14(18)16-12-6-9-19-10-12/h3,5,7,12,17H,2,6,8-10H2,(H,16,18). The lowest BCUT2D eigenvalue weighted by Gasteiger charge is -2.11. The van der Waals surface area contributed by atoms with Crippen molar-refractivity contribution in [2.45, 2.75) is 18.9 Å². The minimum atomic E-state index is -0.165. The van der Waals surface area contributed by atoms with Crippen LogP contribution in [0.25, 0.3) is 0 Å². The molecule has 2 rings (SSSR count). The fourth-order valence-corrected chi connectivity index (χ4v) is 2.96. The zero-order chi connectivity index (χ0) is 13.5. The number of aromatic nitrogens is 1. The summed E-state index contributed by atoms with van der Waals surface area (Å²) in [6.45, 7) is 0.0219. The summed E-state index contributed by atoms with van der Waals surface area (Å²) < 4.78 is 0. The van der Waals surface area contributed by atoms with Crippen LogP contribution in [0.2, 0.25) is 0 Å². The quantitative estimate of drug-likeness (QED) is 0.810. The average Bonchev–Trinajstić information content (AvgIpc) is 2.92. The number of carbonyl (C=O) groups is 1. The first-order chi connectivity index (χ1) is 9.31. The summed E-state index contributed by atoms with van der Waals surface area (Å²) in [4.78, 5) is 16.3. The van der Waals surface area contributed by atoms with Crippen LogP contribution in [-0.4, -0.2) is 40.2 Å². The van der Waals surface area contributed by atoms with E-state index in [4.69, 9.17) is 5.11 Å². The maximum atomic E-state index is 12.2. The molecule has 1 amide bonds. The summed E-state index contributed by atoms with van der Waals surface area (Å²) in [6.07, 6.45) is 3.00. The van der Waals surface area contributed by atoms with Crippen LogP contribution in [0.3, 0.4) is 0 Å². The first kappa shape index (κ1) is 13.9. The Morgan fingerprint density at radius 2 is 2.53 bits per heavy atom. The molecular formula is C14H16N2O2S. The van der Waals surface area contributed by atoms with E-state index in [9.17, 15) is 4.79 Å². The molecule has 0 spiro atoms. The number of thioether (sulfide) groups is 1. The van der Waals surface area contributed by atoms with Crippen molar-refractivity contribution < 1.29 is 9.90 Å². The second-order valence-corrected chi connectivity index (χ2v) is 5.36. The van der Waals surface area contributed by atoms with Gasteiger partial charge in [0.1, 0.15) is 5.69 Å². The predicted molar refractivity (Wildman–Crippen MR) is 76.0 cm³/mol. The van der Waals surface area contributed by atoms with Gasteiger partial charge in [-0.15, -0.1) is 0 Å². The summed E-state index contributed by atoms with van der Waals surface area (Å²) >= 11 is 1.85. The van der Waals surface area contributed by atoms with Gasteiger partial charge in [0.05, 0.1) is 12.2 Å². The third kappa shape index (κ3) is 3.98. The van der Waals surface area contributed by atoms with Gasteiger partial charge in [-0.05, 0) is 24.3 Å². The highest BCUT2D eigenvalue weighted by Gasteiger charge is 2.20. The summed E-state index contributed by atoms with van der Waals surface area (Å²) in [5.74, 6) is 7.59. The largest absolute Gasteiger partial charge is 0.395 e. The van der Waals surface area contributed by atoms with Gasteiger partial charge in [0.15, 0.2) is 0 Å². The van der Waals surface area contributed by atoms with Crippen molar-refractivity contribution in [1.82, 2.24) is 10.3 Å². The van der Waals surface area contributed by atoms with E-state index in [1.807, 2.05) is 11.8 Å². The summed E-state index contributed by atoms with van der Waals surface area (Å²) in [7, 11) is 0. The van der Waals surface area contributed by atoms with E-state index in [0.717, 1.165) is 17.9 Å². The second kappa shape index (κ2) is 7.17. The molecule has 1 saturated heterocycles. The highest BCUT2D eigenvalue weighted by Crippen LogP contribution is 2.17. The van der Waals surface area contributed by atoms with Gasteiger partial charge in [-0.3, -0.25) is 4.79 Å². The molecule has 0 radical (unpaired) electrons. The smallest absolute Gasteiger partial charge is 0.271 e. The number of aliphatic hydroxyl groups is 1. The molecule has 1 aliphatic rings. The lowest BCUT2D eigenvalue weighted by Crippen LogP contribution is -2.35. The van der Waals surface area contributed by atoms with Crippen LogP contribution in [0.5, 0.6) is 0 Å². The molecular weight excluding hydrogens is 260 g/mol. The summed E-state index contributed by atoms with van der Waals surface area (Å²) in [5.41, 5.74) is 0.976. The van der Waals surface area contributed by atoms with Gasteiger partial charge in [0.25, 0.3) is 5.91 Å². The minimum Gasteiger partial charge on any atom is -0.395 e. The summed E-state index contributed by atoms with van der Waals surface area (Å²) in [5, 5.41) is 11.7. The van der Waals surface area contributed by atoms with Crippen molar-refractivity contribution in [2.75, 3.05) is 18.1 Å². The SMILES string of the molecule is O=C(NC1CCSC1)c1ncccc1C#CCCO. The Morgan fingerprint density at radius 1 is 1.63 bits per heavy atom. The normalized spacial score (nSPS) is 17.6. The Labute approximate surface area is 117 Å². The molecule has 0 bridgehead atoms. The van der Waals surface area contributed by atoms with Crippen LogP contribution in [0.15, 0.2) is 18.3 Å². The van der Waals surface area contributed by atoms with Crippen LogP contribution in [0.4, 0.5) is 0 Å². The maximum Gasteiger partial charge on any atom is 0.271 e. The molecule has 1 aliphatic heterocycles. The number of nitrogens with one attached hydrogen (secondary N) is 1. The van der Waals surface area contributed by atoms with Crippen LogP contribution in [-0.2, 0) is 0 Å². The zero-order valence-corrected chi connectivity index (χ0v) is 11.4. The Bertz CT molecular complexity index is 502. The van der Waals surface area contributed by atoms with E-state index in [-0.39, 0.29) is 18.6 Å². The van der Waals surface area contributed by atoms with Gasteiger partial charge in [0, 0.05) is 24.4 Å². The average molecular weight is 276 g/mol. The molecule has 1 aromatic rings. The van der Waals surface area contributed by atoms with Crippen molar-refractivity contribution in [3.8, 4) is 11.8 Å². The number of pyridine rings is 1. The Kier molecular flexibility index (Phi) is 5.25. The Morgan fingerprint density at radius 3 is 3.26 bits per heavy atom. The third-order valence-electron chi connectivity index (χ3n) is 2.75.